The number of rotatable bonds is 5. The van der Waals surface area contributed by atoms with Crippen LogP contribution in [0.5, 0.6) is 0 Å². The molecule has 0 bridgehead atoms. The van der Waals surface area contributed by atoms with Gasteiger partial charge < -0.3 is 15.5 Å². The third-order valence-corrected chi connectivity index (χ3v) is 4.50. The second kappa shape index (κ2) is 8.01. The molecule has 3 rings (SSSR count). The molecule has 25 heavy (non-hydrogen) atoms. The SMILES string of the molecule is CC(Nc1ccc(N2CCCCC2)cc1)C(=O)Nc1ccccc1F. The number of hydrogen-bond acceptors (Lipinski definition) is 3. The van der Waals surface area contributed by atoms with Gasteiger partial charge in [-0.05, 0) is 62.6 Å². The summed E-state index contributed by atoms with van der Waals surface area (Å²) in [6.45, 7) is 3.97. The first kappa shape index (κ1) is 17.3. The maximum atomic E-state index is 13.6. The van der Waals surface area contributed by atoms with Gasteiger partial charge in [-0.15, -0.1) is 0 Å². The van der Waals surface area contributed by atoms with Crippen LogP contribution in [0.2, 0.25) is 0 Å². The number of hydrogen-bond donors (Lipinski definition) is 2. The number of piperidine rings is 1. The third-order valence-electron chi connectivity index (χ3n) is 4.50. The minimum Gasteiger partial charge on any atom is -0.374 e. The lowest BCUT2D eigenvalue weighted by Gasteiger charge is -2.29. The standard InChI is InChI=1S/C20H24FN3O/c1-15(20(25)23-19-8-4-3-7-18(19)21)22-16-9-11-17(12-10-16)24-13-5-2-6-14-24/h3-4,7-12,15,22H,2,5-6,13-14H2,1H3,(H,23,25). The zero-order chi connectivity index (χ0) is 17.6. The lowest BCUT2D eigenvalue weighted by molar-refractivity contribution is -0.116. The molecule has 0 saturated carbocycles. The lowest BCUT2D eigenvalue weighted by atomic mass is 10.1. The van der Waals surface area contributed by atoms with Crippen molar-refractivity contribution in [2.24, 2.45) is 0 Å². The summed E-state index contributed by atoms with van der Waals surface area (Å²) < 4.78 is 13.6. The maximum absolute atomic E-state index is 13.6. The van der Waals surface area contributed by atoms with Crippen LogP contribution in [0.15, 0.2) is 48.5 Å². The molecule has 1 aliphatic heterocycles. The first-order valence-electron chi connectivity index (χ1n) is 8.80. The lowest BCUT2D eigenvalue weighted by Crippen LogP contribution is -2.32. The number of carbonyl (C=O) groups is 1. The van der Waals surface area contributed by atoms with Gasteiger partial charge in [-0.3, -0.25) is 4.79 Å². The second-order valence-electron chi connectivity index (χ2n) is 6.43. The summed E-state index contributed by atoms with van der Waals surface area (Å²) in [5, 5.41) is 5.77. The van der Waals surface area contributed by atoms with Crippen molar-refractivity contribution in [1.82, 2.24) is 0 Å². The Kier molecular flexibility index (Phi) is 5.53. The molecular weight excluding hydrogens is 317 g/mol. The molecule has 4 nitrogen and oxygen atoms in total. The molecule has 5 heteroatoms. The number of nitrogens with one attached hydrogen (secondary N) is 2. The summed E-state index contributed by atoms with van der Waals surface area (Å²) in [5.41, 5.74) is 2.28. The molecule has 132 valence electrons. The number of para-hydroxylation sites is 1. The van der Waals surface area contributed by atoms with E-state index in [9.17, 15) is 9.18 Å². The van der Waals surface area contributed by atoms with E-state index in [0.717, 1.165) is 18.8 Å². The molecule has 1 unspecified atom stereocenters. The van der Waals surface area contributed by atoms with Gasteiger partial charge in [0.25, 0.3) is 0 Å². The van der Waals surface area contributed by atoms with Gasteiger partial charge in [0.15, 0.2) is 0 Å². The van der Waals surface area contributed by atoms with Gasteiger partial charge in [0.2, 0.25) is 5.91 Å². The molecule has 2 aromatic rings. The Morgan fingerprint density at radius 1 is 1.04 bits per heavy atom. The average molecular weight is 341 g/mol. The van der Waals surface area contributed by atoms with Crippen LogP contribution < -0.4 is 15.5 Å². The molecule has 0 spiro atoms. The fraction of sp³-hybridized carbons (Fsp3) is 0.350. The molecule has 0 radical (unpaired) electrons. The Hall–Kier alpha value is -2.56. The highest BCUT2D eigenvalue weighted by atomic mass is 19.1. The van der Waals surface area contributed by atoms with Crippen LogP contribution in [0.3, 0.4) is 0 Å². The number of nitrogens with zero attached hydrogens (tertiary/aromatic N) is 1. The van der Waals surface area contributed by atoms with Crippen molar-refractivity contribution in [3.05, 3.63) is 54.3 Å². The quantitative estimate of drug-likeness (QED) is 0.854. The molecule has 1 heterocycles. The monoisotopic (exact) mass is 341 g/mol. The Balaban J connectivity index is 1.57. The highest BCUT2D eigenvalue weighted by Gasteiger charge is 2.15. The molecule has 1 atom stereocenters. The highest BCUT2D eigenvalue weighted by Crippen LogP contribution is 2.22. The fourth-order valence-corrected chi connectivity index (χ4v) is 3.04. The molecule has 1 saturated heterocycles. The van der Waals surface area contributed by atoms with E-state index in [1.165, 1.54) is 31.0 Å². The van der Waals surface area contributed by atoms with Crippen LogP contribution >= 0.6 is 0 Å². The van der Waals surface area contributed by atoms with E-state index in [0.29, 0.717) is 0 Å². The maximum Gasteiger partial charge on any atom is 0.246 e. The van der Waals surface area contributed by atoms with E-state index in [1.807, 2.05) is 12.1 Å². The summed E-state index contributed by atoms with van der Waals surface area (Å²) >= 11 is 0. The van der Waals surface area contributed by atoms with Gasteiger partial charge in [0.05, 0.1) is 5.69 Å². The number of benzene rings is 2. The Morgan fingerprint density at radius 3 is 2.40 bits per heavy atom. The van der Waals surface area contributed by atoms with Gasteiger partial charge in [-0.1, -0.05) is 12.1 Å². The van der Waals surface area contributed by atoms with E-state index < -0.39 is 11.9 Å². The molecule has 0 aromatic heterocycles. The van der Waals surface area contributed by atoms with Gasteiger partial charge in [-0.2, -0.15) is 0 Å². The summed E-state index contributed by atoms with van der Waals surface area (Å²) in [6, 6.07) is 13.8. The van der Waals surface area contributed by atoms with E-state index in [4.69, 9.17) is 0 Å². The Bertz CT molecular complexity index is 711. The second-order valence-corrected chi connectivity index (χ2v) is 6.43. The fourth-order valence-electron chi connectivity index (χ4n) is 3.04. The van der Waals surface area contributed by atoms with Crippen LogP contribution in [0.25, 0.3) is 0 Å². The zero-order valence-electron chi connectivity index (χ0n) is 14.5. The van der Waals surface area contributed by atoms with Crippen LogP contribution in [0, 0.1) is 5.82 Å². The molecule has 1 fully saturated rings. The van der Waals surface area contributed by atoms with Gasteiger partial charge in [-0.25, -0.2) is 4.39 Å². The molecule has 2 aromatic carbocycles. The van der Waals surface area contributed by atoms with Crippen molar-refractivity contribution >= 4 is 23.0 Å². The van der Waals surface area contributed by atoms with Crippen molar-refractivity contribution in [3.8, 4) is 0 Å². The predicted molar refractivity (Wildman–Crippen MR) is 101 cm³/mol. The van der Waals surface area contributed by atoms with Gasteiger partial charge >= 0.3 is 0 Å². The van der Waals surface area contributed by atoms with Gasteiger partial charge in [0, 0.05) is 24.5 Å². The normalized spacial score (nSPS) is 15.5. The largest absolute Gasteiger partial charge is 0.374 e. The minimum atomic E-state index is -0.472. The number of anilines is 3. The van der Waals surface area contributed by atoms with E-state index >= 15 is 0 Å². The van der Waals surface area contributed by atoms with Crippen LogP contribution in [0.4, 0.5) is 21.5 Å². The van der Waals surface area contributed by atoms with Crippen molar-refractivity contribution in [2.45, 2.75) is 32.2 Å². The molecule has 1 aliphatic rings. The minimum absolute atomic E-state index is 0.196. The van der Waals surface area contributed by atoms with Crippen molar-refractivity contribution in [3.63, 3.8) is 0 Å². The van der Waals surface area contributed by atoms with Crippen LogP contribution in [0.1, 0.15) is 26.2 Å². The summed E-state index contributed by atoms with van der Waals surface area (Å²) in [6.07, 6.45) is 3.80. The molecule has 1 amide bonds. The van der Waals surface area contributed by atoms with E-state index in [1.54, 1.807) is 25.1 Å². The van der Waals surface area contributed by atoms with Crippen LogP contribution in [-0.4, -0.2) is 25.0 Å². The molecule has 0 aliphatic carbocycles. The first-order valence-corrected chi connectivity index (χ1v) is 8.80. The zero-order valence-corrected chi connectivity index (χ0v) is 14.5. The third kappa shape index (κ3) is 4.50. The topological polar surface area (TPSA) is 44.4 Å². The van der Waals surface area contributed by atoms with Crippen molar-refractivity contribution in [2.75, 3.05) is 28.6 Å². The number of halogens is 1. The van der Waals surface area contributed by atoms with E-state index in [2.05, 4.69) is 27.7 Å². The number of amides is 1. The molecule has 2 N–H and O–H groups in total. The Morgan fingerprint density at radius 2 is 1.72 bits per heavy atom. The van der Waals surface area contributed by atoms with E-state index in [-0.39, 0.29) is 11.6 Å². The summed E-state index contributed by atoms with van der Waals surface area (Å²) in [4.78, 5) is 14.6. The van der Waals surface area contributed by atoms with Crippen molar-refractivity contribution < 1.29 is 9.18 Å². The summed E-state index contributed by atoms with van der Waals surface area (Å²) in [7, 11) is 0. The number of carbonyl (C=O) groups excluding carboxylic acids is 1. The predicted octanol–water partition coefficient (Wildman–Crippen LogP) is 4.26. The van der Waals surface area contributed by atoms with Crippen molar-refractivity contribution in [1.29, 1.82) is 0 Å². The summed E-state index contributed by atoms with van der Waals surface area (Å²) in [5.74, 6) is -0.709. The average Bonchev–Trinajstić information content (AvgIpc) is 2.65. The molecular formula is C20H24FN3O. The van der Waals surface area contributed by atoms with Crippen LogP contribution in [-0.2, 0) is 4.79 Å². The van der Waals surface area contributed by atoms with Gasteiger partial charge in [0.1, 0.15) is 11.9 Å². The smallest absolute Gasteiger partial charge is 0.246 e. The Labute approximate surface area is 148 Å². The highest BCUT2D eigenvalue weighted by molar-refractivity contribution is 5.96. The first-order chi connectivity index (χ1) is 12.1.